The van der Waals surface area contributed by atoms with Gasteiger partial charge in [0.25, 0.3) is 0 Å². The third-order valence-corrected chi connectivity index (χ3v) is 2.54. The van der Waals surface area contributed by atoms with Crippen molar-refractivity contribution in [2.45, 2.75) is 12.5 Å². The maximum Gasteiger partial charge on any atom is 0.240 e. The average Bonchev–Trinajstić information content (AvgIpc) is 2.15. The second-order valence-electron chi connectivity index (χ2n) is 3.41. The van der Waals surface area contributed by atoms with E-state index in [0.29, 0.717) is 5.69 Å². The Labute approximate surface area is 87.1 Å². The molecule has 1 fully saturated rings. The minimum absolute atomic E-state index is 0.237. The number of carbonyl (C=O) groups is 1. The van der Waals surface area contributed by atoms with Gasteiger partial charge in [0.2, 0.25) is 5.91 Å². The summed E-state index contributed by atoms with van der Waals surface area (Å²) in [6, 6.07) is 5.16. The molecule has 0 bridgehead atoms. The van der Waals surface area contributed by atoms with Crippen molar-refractivity contribution in [1.29, 1.82) is 5.26 Å². The Bertz CT molecular complexity index is 437. The average molecular weight is 202 g/mol. The van der Waals surface area contributed by atoms with E-state index in [4.69, 9.17) is 11.0 Å². The normalized spacial score (nSPS) is 19.1. The molecule has 0 saturated carbocycles. The molecule has 1 aromatic rings. The van der Waals surface area contributed by atoms with Gasteiger partial charge in [-0.25, -0.2) is 4.98 Å². The van der Waals surface area contributed by atoms with E-state index >= 15 is 0 Å². The largest absolute Gasteiger partial charge is 0.368 e. The Balaban J connectivity index is 2.23. The van der Waals surface area contributed by atoms with Gasteiger partial charge < -0.3 is 10.6 Å². The Morgan fingerprint density at radius 3 is 3.07 bits per heavy atom. The van der Waals surface area contributed by atoms with Crippen LogP contribution in [0.4, 0.5) is 5.69 Å². The number of hydrogen-bond donors (Lipinski definition) is 1. The van der Waals surface area contributed by atoms with E-state index in [1.807, 2.05) is 11.0 Å². The smallest absolute Gasteiger partial charge is 0.240 e. The molecule has 0 aromatic carbocycles. The van der Waals surface area contributed by atoms with Crippen molar-refractivity contribution in [1.82, 2.24) is 4.98 Å². The molecule has 1 aromatic heterocycles. The van der Waals surface area contributed by atoms with Crippen LogP contribution >= 0.6 is 0 Å². The van der Waals surface area contributed by atoms with Gasteiger partial charge in [-0.05, 0) is 18.6 Å². The lowest BCUT2D eigenvalue weighted by molar-refractivity contribution is -0.120. The van der Waals surface area contributed by atoms with E-state index in [0.717, 1.165) is 18.7 Å². The molecular formula is C10H10N4O. The second-order valence-corrected chi connectivity index (χ2v) is 3.41. The van der Waals surface area contributed by atoms with Crippen molar-refractivity contribution in [3.05, 3.63) is 24.0 Å². The van der Waals surface area contributed by atoms with E-state index in [2.05, 4.69) is 4.98 Å². The monoisotopic (exact) mass is 202 g/mol. The summed E-state index contributed by atoms with van der Waals surface area (Å²) in [6.07, 6.45) is 2.34. The predicted octanol–water partition coefficient (Wildman–Crippen LogP) is 0.0173. The SMILES string of the molecule is N#Cc1cc(N2CCC2C(N)=O)ccn1. The molecule has 76 valence electrons. The van der Waals surface area contributed by atoms with Gasteiger partial charge in [0.1, 0.15) is 17.8 Å². The van der Waals surface area contributed by atoms with Crippen molar-refractivity contribution < 1.29 is 4.79 Å². The highest BCUT2D eigenvalue weighted by atomic mass is 16.1. The molecule has 15 heavy (non-hydrogen) atoms. The fraction of sp³-hybridized carbons (Fsp3) is 0.300. The van der Waals surface area contributed by atoms with E-state index in [1.54, 1.807) is 18.3 Å². The topological polar surface area (TPSA) is 83.0 Å². The second kappa shape index (κ2) is 3.58. The zero-order valence-electron chi connectivity index (χ0n) is 8.05. The van der Waals surface area contributed by atoms with Gasteiger partial charge in [0.15, 0.2) is 0 Å². The minimum Gasteiger partial charge on any atom is -0.368 e. The molecule has 1 amide bonds. The zero-order chi connectivity index (χ0) is 10.8. The summed E-state index contributed by atoms with van der Waals surface area (Å²) >= 11 is 0. The molecule has 0 spiro atoms. The lowest BCUT2D eigenvalue weighted by atomic mass is 10.0. The molecule has 1 aliphatic heterocycles. The molecule has 1 unspecified atom stereocenters. The van der Waals surface area contributed by atoms with Crippen LogP contribution in [-0.4, -0.2) is 23.5 Å². The van der Waals surface area contributed by atoms with Gasteiger partial charge in [-0.1, -0.05) is 0 Å². The number of nitrogens with two attached hydrogens (primary N) is 1. The van der Waals surface area contributed by atoms with Crippen LogP contribution in [-0.2, 0) is 4.79 Å². The fourth-order valence-electron chi connectivity index (χ4n) is 1.65. The number of aromatic nitrogens is 1. The van der Waals surface area contributed by atoms with Gasteiger partial charge in [-0.2, -0.15) is 5.26 Å². The fourth-order valence-corrected chi connectivity index (χ4v) is 1.65. The Hall–Kier alpha value is -2.09. The van der Waals surface area contributed by atoms with Crippen LogP contribution in [0, 0.1) is 11.3 Å². The number of pyridine rings is 1. The summed E-state index contributed by atoms with van der Waals surface area (Å²) in [4.78, 5) is 16.8. The number of amides is 1. The van der Waals surface area contributed by atoms with E-state index in [9.17, 15) is 4.79 Å². The van der Waals surface area contributed by atoms with Crippen molar-refractivity contribution in [3.8, 4) is 6.07 Å². The number of nitrogens with zero attached hydrogens (tertiary/aromatic N) is 3. The van der Waals surface area contributed by atoms with Crippen LogP contribution in [0.2, 0.25) is 0 Å². The first kappa shape index (κ1) is 9.46. The number of primary amides is 1. The van der Waals surface area contributed by atoms with Crippen molar-refractivity contribution in [2.75, 3.05) is 11.4 Å². The summed E-state index contributed by atoms with van der Waals surface area (Å²) in [5, 5.41) is 8.69. The highest BCUT2D eigenvalue weighted by molar-refractivity contribution is 5.85. The summed E-state index contributed by atoms with van der Waals surface area (Å²) in [6.45, 7) is 0.794. The van der Waals surface area contributed by atoms with Crippen molar-refractivity contribution in [3.63, 3.8) is 0 Å². The number of hydrogen-bond acceptors (Lipinski definition) is 4. The molecule has 5 heteroatoms. The Morgan fingerprint density at radius 2 is 2.53 bits per heavy atom. The third kappa shape index (κ3) is 1.62. The van der Waals surface area contributed by atoms with Gasteiger partial charge in [-0.3, -0.25) is 4.79 Å². The standard InChI is InChI=1S/C10H10N4O/c11-6-7-5-8(1-3-13-7)14-4-2-9(14)10(12)15/h1,3,5,9H,2,4H2,(H2,12,15). The maximum atomic E-state index is 11.0. The minimum atomic E-state index is -0.323. The summed E-state index contributed by atoms with van der Waals surface area (Å²) < 4.78 is 0. The summed E-state index contributed by atoms with van der Waals surface area (Å²) in [7, 11) is 0. The molecule has 2 N–H and O–H groups in total. The molecule has 0 aliphatic carbocycles. The molecule has 0 radical (unpaired) electrons. The Morgan fingerprint density at radius 1 is 1.73 bits per heavy atom. The van der Waals surface area contributed by atoms with E-state index in [1.165, 1.54) is 0 Å². The van der Waals surface area contributed by atoms with Gasteiger partial charge >= 0.3 is 0 Å². The van der Waals surface area contributed by atoms with Crippen LogP contribution < -0.4 is 10.6 Å². The molecule has 1 saturated heterocycles. The van der Waals surface area contributed by atoms with Gasteiger partial charge in [0, 0.05) is 18.4 Å². The summed E-state index contributed by atoms with van der Waals surface area (Å²) in [5.74, 6) is -0.323. The Kier molecular flexibility index (Phi) is 2.26. The van der Waals surface area contributed by atoms with Crippen LogP contribution in [0.1, 0.15) is 12.1 Å². The molecule has 5 nitrogen and oxygen atoms in total. The quantitative estimate of drug-likeness (QED) is 0.732. The van der Waals surface area contributed by atoms with Crippen LogP contribution in [0.15, 0.2) is 18.3 Å². The molecule has 1 atom stereocenters. The lowest BCUT2D eigenvalue weighted by Gasteiger charge is -2.40. The highest BCUT2D eigenvalue weighted by Gasteiger charge is 2.32. The van der Waals surface area contributed by atoms with E-state index < -0.39 is 0 Å². The summed E-state index contributed by atoms with van der Waals surface area (Å²) in [5.41, 5.74) is 6.41. The molecule has 2 heterocycles. The molecular weight excluding hydrogens is 192 g/mol. The first-order chi connectivity index (χ1) is 7.22. The molecule has 2 rings (SSSR count). The number of rotatable bonds is 2. The first-order valence-electron chi connectivity index (χ1n) is 4.64. The van der Waals surface area contributed by atoms with Crippen LogP contribution in [0.3, 0.4) is 0 Å². The highest BCUT2D eigenvalue weighted by Crippen LogP contribution is 2.25. The van der Waals surface area contributed by atoms with Crippen molar-refractivity contribution >= 4 is 11.6 Å². The van der Waals surface area contributed by atoms with E-state index in [-0.39, 0.29) is 11.9 Å². The van der Waals surface area contributed by atoms with Crippen LogP contribution in [0.25, 0.3) is 0 Å². The first-order valence-corrected chi connectivity index (χ1v) is 4.64. The van der Waals surface area contributed by atoms with Crippen molar-refractivity contribution in [2.24, 2.45) is 5.73 Å². The van der Waals surface area contributed by atoms with Gasteiger partial charge in [-0.15, -0.1) is 0 Å². The maximum absolute atomic E-state index is 11.0. The van der Waals surface area contributed by atoms with Crippen LogP contribution in [0.5, 0.6) is 0 Å². The zero-order valence-corrected chi connectivity index (χ0v) is 8.05. The third-order valence-electron chi connectivity index (χ3n) is 2.54. The number of anilines is 1. The molecule has 1 aliphatic rings. The number of nitriles is 1. The lowest BCUT2D eigenvalue weighted by Crippen LogP contribution is -2.55. The van der Waals surface area contributed by atoms with Gasteiger partial charge in [0.05, 0.1) is 0 Å². The number of carbonyl (C=O) groups excluding carboxylic acids is 1. The predicted molar refractivity (Wildman–Crippen MR) is 53.9 cm³/mol.